The molecule has 2 aliphatic rings. The van der Waals surface area contributed by atoms with E-state index in [1.807, 2.05) is 0 Å². The van der Waals surface area contributed by atoms with Crippen LogP contribution in [0, 0.1) is 11.8 Å². The lowest BCUT2D eigenvalue weighted by Gasteiger charge is -2.26. The Hall–Kier alpha value is -0.300. The summed E-state index contributed by atoms with van der Waals surface area (Å²) in [6.07, 6.45) is 12.7. The second kappa shape index (κ2) is 4.06. The predicted octanol–water partition coefficient (Wildman–Crippen LogP) is 3.28. The van der Waals surface area contributed by atoms with Gasteiger partial charge in [-0.05, 0) is 43.9 Å². The van der Waals surface area contributed by atoms with Gasteiger partial charge in [0.25, 0.3) is 0 Å². The van der Waals surface area contributed by atoms with Crippen molar-refractivity contribution in [3.05, 3.63) is 12.2 Å². The van der Waals surface area contributed by atoms with Gasteiger partial charge >= 0.3 is 0 Å². The van der Waals surface area contributed by atoms with E-state index in [0.29, 0.717) is 5.92 Å². The average Bonchev–Trinajstić information content (AvgIpc) is 2.91. The van der Waals surface area contributed by atoms with Crippen LogP contribution in [0.2, 0.25) is 0 Å². The predicted molar refractivity (Wildman–Crippen MR) is 59.1 cm³/mol. The van der Waals surface area contributed by atoms with Gasteiger partial charge in [-0.1, -0.05) is 31.9 Å². The number of hydrogen-bond acceptors (Lipinski definition) is 1. The van der Waals surface area contributed by atoms with Crippen LogP contribution in [0.1, 0.15) is 51.9 Å². The number of rotatable bonds is 3. The van der Waals surface area contributed by atoms with E-state index in [-0.39, 0.29) is 0 Å². The first kappa shape index (κ1) is 10.2. The van der Waals surface area contributed by atoms with Gasteiger partial charge in [-0.3, -0.25) is 0 Å². The number of aliphatic hydroxyl groups is 1. The maximum absolute atomic E-state index is 10.5. The van der Waals surface area contributed by atoms with Gasteiger partial charge in [0.1, 0.15) is 0 Å². The van der Waals surface area contributed by atoms with Crippen LogP contribution < -0.4 is 0 Å². The largest absolute Gasteiger partial charge is 0.385 e. The van der Waals surface area contributed by atoms with Crippen molar-refractivity contribution in [3.63, 3.8) is 0 Å². The van der Waals surface area contributed by atoms with E-state index in [1.54, 1.807) is 0 Å². The van der Waals surface area contributed by atoms with Gasteiger partial charge in [0.15, 0.2) is 0 Å². The van der Waals surface area contributed by atoms with Crippen molar-refractivity contribution in [1.82, 2.24) is 0 Å². The Kier molecular flexibility index (Phi) is 2.96. The highest BCUT2D eigenvalue weighted by atomic mass is 16.3. The number of fused-ring (bicyclic) bond motifs is 1. The molecule has 1 heteroatoms. The minimum absolute atomic E-state index is 0.443. The molecule has 2 aliphatic carbocycles. The number of hydrogen-bond donors (Lipinski definition) is 1. The minimum Gasteiger partial charge on any atom is -0.385 e. The molecular weight excluding hydrogens is 172 g/mol. The van der Waals surface area contributed by atoms with Crippen molar-refractivity contribution in [3.8, 4) is 0 Å². The summed E-state index contributed by atoms with van der Waals surface area (Å²) in [5, 5.41) is 10.5. The topological polar surface area (TPSA) is 20.2 Å². The number of unbranched alkanes of at least 4 members (excludes halogenated alkanes) is 1. The molecule has 3 atom stereocenters. The Labute approximate surface area is 87.2 Å². The van der Waals surface area contributed by atoms with Gasteiger partial charge < -0.3 is 5.11 Å². The molecule has 0 aromatic carbocycles. The summed E-state index contributed by atoms with van der Waals surface area (Å²) in [5.74, 6) is 1.42. The van der Waals surface area contributed by atoms with Crippen molar-refractivity contribution in [2.75, 3.05) is 0 Å². The third-order valence-corrected chi connectivity index (χ3v) is 3.85. The van der Waals surface area contributed by atoms with Gasteiger partial charge in [0.2, 0.25) is 0 Å². The molecule has 2 rings (SSSR count). The Balaban J connectivity index is 2.01. The summed E-state index contributed by atoms with van der Waals surface area (Å²) in [4.78, 5) is 0. The summed E-state index contributed by atoms with van der Waals surface area (Å²) < 4.78 is 0. The molecule has 0 spiro atoms. The van der Waals surface area contributed by atoms with E-state index < -0.39 is 5.60 Å². The molecule has 0 radical (unpaired) electrons. The van der Waals surface area contributed by atoms with E-state index in [2.05, 4.69) is 19.1 Å². The normalized spacial score (nSPS) is 43.6. The molecule has 80 valence electrons. The van der Waals surface area contributed by atoms with E-state index in [1.165, 1.54) is 25.7 Å². The molecule has 14 heavy (non-hydrogen) atoms. The van der Waals surface area contributed by atoms with Gasteiger partial charge in [0, 0.05) is 0 Å². The van der Waals surface area contributed by atoms with Crippen LogP contribution in [0.3, 0.4) is 0 Å². The lowest BCUT2D eigenvalue weighted by molar-refractivity contribution is 0.0486. The maximum atomic E-state index is 10.5. The maximum Gasteiger partial charge on any atom is 0.0858 e. The second-order valence-corrected chi connectivity index (χ2v) is 5.03. The summed E-state index contributed by atoms with van der Waals surface area (Å²) in [5.41, 5.74) is -0.443. The first-order chi connectivity index (χ1) is 6.76. The van der Waals surface area contributed by atoms with Gasteiger partial charge in [-0.15, -0.1) is 0 Å². The molecule has 1 fully saturated rings. The lowest BCUT2D eigenvalue weighted by Crippen LogP contribution is -2.30. The van der Waals surface area contributed by atoms with Crippen molar-refractivity contribution in [1.29, 1.82) is 0 Å². The Morgan fingerprint density at radius 1 is 1.50 bits per heavy atom. The van der Waals surface area contributed by atoms with Crippen LogP contribution in [-0.4, -0.2) is 10.7 Å². The highest BCUT2D eigenvalue weighted by molar-refractivity contribution is 5.13. The second-order valence-electron chi connectivity index (χ2n) is 5.03. The van der Waals surface area contributed by atoms with Gasteiger partial charge in [-0.2, -0.15) is 0 Å². The molecule has 0 heterocycles. The third kappa shape index (κ3) is 2.03. The highest BCUT2D eigenvalue weighted by Crippen LogP contribution is 2.52. The third-order valence-electron chi connectivity index (χ3n) is 3.85. The molecule has 0 amide bonds. The van der Waals surface area contributed by atoms with Crippen LogP contribution in [0.25, 0.3) is 0 Å². The van der Waals surface area contributed by atoms with Crippen LogP contribution in [0.5, 0.6) is 0 Å². The van der Waals surface area contributed by atoms with Gasteiger partial charge in [0.05, 0.1) is 5.60 Å². The molecule has 0 aromatic heterocycles. The molecule has 0 bridgehead atoms. The van der Waals surface area contributed by atoms with Crippen molar-refractivity contribution < 1.29 is 5.11 Å². The highest BCUT2D eigenvalue weighted by Gasteiger charge is 2.49. The summed E-state index contributed by atoms with van der Waals surface area (Å²) in [7, 11) is 0. The smallest absolute Gasteiger partial charge is 0.0858 e. The van der Waals surface area contributed by atoms with Crippen molar-refractivity contribution in [2.24, 2.45) is 11.8 Å². The standard InChI is InChI=1S/C13H22O/c1-2-3-8-13(14)9-6-4-5-7-11-10-12(11)13/h6,9,11-12,14H,2-5,7-8,10H2,1H3/b9-6-/t11-,12+,13-/m0/s1. The van der Waals surface area contributed by atoms with Crippen LogP contribution >= 0.6 is 0 Å². The molecule has 0 aliphatic heterocycles. The van der Waals surface area contributed by atoms with Crippen LogP contribution in [0.15, 0.2) is 12.2 Å². The SMILES string of the molecule is CCCC[C@]1(O)/C=C\CCC[C@H]2C[C@H]21. The summed E-state index contributed by atoms with van der Waals surface area (Å²) in [6, 6.07) is 0. The zero-order valence-corrected chi connectivity index (χ0v) is 9.21. The van der Waals surface area contributed by atoms with E-state index in [9.17, 15) is 5.11 Å². The Morgan fingerprint density at radius 2 is 2.36 bits per heavy atom. The lowest BCUT2D eigenvalue weighted by atomic mass is 9.87. The molecule has 1 saturated carbocycles. The fourth-order valence-electron chi connectivity index (χ4n) is 2.82. The zero-order chi connectivity index (χ0) is 10.0. The first-order valence-electron chi connectivity index (χ1n) is 6.16. The molecule has 0 saturated heterocycles. The molecule has 0 aromatic rings. The van der Waals surface area contributed by atoms with E-state index in [0.717, 1.165) is 25.2 Å². The van der Waals surface area contributed by atoms with Crippen LogP contribution in [0.4, 0.5) is 0 Å². The van der Waals surface area contributed by atoms with Crippen LogP contribution in [-0.2, 0) is 0 Å². The first-order valence-corrected chi connectivity index (χ1v) is 6.16. The average molecular weight is 194 g/mol. The fraction of sp³-hybridized carbons (Fsp3) is 0.846. The summed E-state index contributed by atoms with van der Waals surface area (Å²) in [6.45, 7) is 2.19. The van der Waals surface area contributed by atoms with E-state index >= 15 is 0 Å². The number of allylic oxidation sites excluding steroid dienone is 1. The summed E-state index contributed by atoms with van der Waals surface area (Å²) >= 11 is 0. The molecule has 1 nitrogen and oxygen atoms in total. The van der Waals surface area contributed by atoms with Crippen molar-refractivity contribution in [2.45, 2.75) is 57.5 Å². The fourth-order valence-corrected chi connectivity index (χ4v) is 2.82. The Bertz CT molecular complexity index is 221. The zero-order valence-electron chi connectivity index (χ0n) is 9.21. The van der Waals surface area contributed by atoms with Gasteiger partial charge in [-0.25, -0.2) is 0 Å². The van der Waals surface area contributed by atoms with E-state index in [4.69, 9.17) is 0 Å². The molecular formula is C13H22O. The Morgan fingerprint density at radius 3 is 3.14 bits per heavy atom. The molecule has 0 unspecified atom stereocenters. The van der Waals surface area contributed by atoms with Crippen molar-refractivity contribution >= 4 is 0 Å². The minimum atomic E-state index is -0.443. The molecule has 1 N–H and O–H groups in total. The monoisotopic (exact) mass is 194 g/mol. The quantitative estimate of drug-likeness (QED) is 0.684.